The lowest BCUT2D eigenvalue weighted by molar-refractivity contribution is -0.136. The zero-order valence-electron chi connectivity index (χ0n) is 15.1. The Bertz CT molecular complexity index is 689. The van der Waals surface area contributed by atoms with Crippen LogP contribution in [0.3, 0.4) is 0 Å². The minimum absolute atomic E-state index is 0.0577. The van der Waals surface area contributed by atoms with Gasteiger partial charge in [0.15, 0.2) is 5.82 Å². The van der Waals surface area contributed by atoms with Gasteiger partial charge in [0.05, 0.1) is 19.6 Å². The molecule has 7 nitrogen and oxygen atoms in total. The van der Waals surface area contributed by atoms with Crippen molar-refractivity contribution in [1.82, 2.24) is 15.0 Å². The number of ether oxygens (including phenoxy) is 2. The molecule has 1 aromatic heterocycles. The molecule has 140 valence electrons. The van der Waals surface area contributed by atoms with E-state index in [0.717, 1.165) is 25.0 Å². The van der Waals surface area contributed by atoms with Gasteiger partial charge in [-0.3, -0.25) is 4.79 Å². The topological polar surface area (TPSA) is 77.7 Å². The molecule has 1 amide bonds. The largest absolute Gasteiger partial charge is 0.493 e. The van der Waals surface area contributed by atoms with Crippen molar-refractivity contribution in [2.24, 2.45) is 0 Å². The Morgan fingerprint density at radius 3 is 2.92 bits per heavy atom. The average Bonchev–Trinajstić information content (AvgIpc) is 3.16. The smallest absolute Gasteiger partial charge is 0.249 e. The van der Waals surface area contributed by atoms with Crippen LogP contribution in [0.4, 0.5) is 0 Å². The molecule has 0 spiro atoms. The maximum atomic E-state index is 12.7. The molecule has 0 aliphatic carbocycles. The van der Waals surface area contributed by atoms with Crippen LogP contribution in [0.1, 0.15) is 43.4 Å². The van der Waals surface area contributed by atoms with Gasteiger partial charge in [0.2, 0.25) is 11.8 Å². The third kappa shape index (κ3) is 4.82. The SMILES string of the molecule is COCCc1noc(C2CCCCN2C(=O)CCOc2ccccc2)n1. The summed E-state index contributed by atoms with van der Waals surface area (Å²) in [6.07, 6.45) is 3.82. The van der Waals surface area contributed by atoms with E-state index in [4.69, 9.17) is 14.0 Å². The highest BCUT2D eigenvalue weighted by Gasteiger charge is 2.31. The predicted octanol–water partition coefficient (Wildman–Crippen LogP) is 2.78. The van der Waals surface area contributed by atoms with Gasteiger partial charge in [-0.25, -0.2) is 0 Å². The second-order valence-electron chi connectivity index (χ2n) is 6.30. The minimum atomic E-state index is -0.142. The fourth-order valence-corrected chi connectivity index (χ4v) is 3.10. The van der Waals surface area contributed by atoms with Crippen LogP contribution in [-0.4, -0.2) is 47.8 Å². The number of carbonyl (C=O) groups excluding carboxylic acids is 1. The molecule has 0 bridgehead atoms. The van der Waals surface area contributed by atoms with E-state index >= 15 is 0 Å². The Morgan fingerprint density at radius 2 is 2.12 bits per heavy atom. The lowest BCUT2D eigenvalue weighted by Gasteiger charge is -2.33. The molecule has 1 aliphatic heterocycles. The van der Waals surface area contributed by atoms with Gasteiger partial charge in [0.25, 0.3) is 0 Å². The summed E-state index contributed by atoms with van der Waals surface area (Å²) in [5.74, 6) is 1.97. The van der Waals surface area contributed by atoms with E-state index in [1.807, 2.05) is 35.2 Å². The number of likely N-dealkylation sites (tertiary alicyclic amines) is 1. The van der Waals surface area contributed by atoms with Crippen molar-refractivity contribution in [3.63, 3.8) is 0 Å². The summed E-state index contributed by atoms with van der Waals surface area (Å²) in [6, 6.07) is 9.38. The van der Waals surface area contributed by atoms with Crippen LogP contribution >= 0.6 is 0 Å². The standard InChI is InChI=1S/C19H25N3O4/c1-24-13-10-17-20-19(26-21-17)16-9-5-6-12-22(16)18(23)11-14-25-15-7-3-2-4-8-15/h2-4,7-8,16H,5-6,9-14H2,1H3. The number of hydrogen-bond donors (Lipinski definition) is 0. The Balaban J connectivity index is 1.57. The van der Waals surface area contributed by atoms with E-state index < -0.39 is 0 Å². The van der Waals surface area contributed by atoms with Crippen LogP contribution in [-0.2, 0) is 16.0 Å². The van der Waals surface area contributed by atoms with Crippen LogP contribution in [0.15, 0.2) is 34.9 Å². The van der Waals surface area contributed by atoms with Crippen molar-refractivity contribution in [2.75, 3.05) is 26.9 Å². The average molecular weight is 359 g/mol. The van der Waals surface area contributed by atoms with Gasteiger partial charge in [-0.1, -0.05) is 23.4 Å². The van der Waals surface area contributed by atoms with Gasteiger partial charge in [-0.2, -0.15) is 4.98 Å². The number of rotatable bonds is 8. The molecule has 1 aromatic carbocycles. The van der Waals surface area contributed by atoms with Crippen molar-refractivity contribution < 1.29 is 18.8 Å². The molecule has 2 heterocycles. The first kappa shape index (κ1) is 18.4. The molecule has 3 rings (SSSR count). The van der Waals surface area contributed by atoms with Gasteiger partial charge in [-0.05, 0) is 31.4 Å². The van der Waals surface area contributed by atoms with E-state index in [0.29, 0.717) is 44.3 Å². The monoisotopic (exact) mass is 359 g/mol. The van der Waals surface area contributed by atoms with Crippen molar-refractivity contribution in [1.29, 1.82) is 0 Å². The van der Waals surface area contributed by atoms with E-state index in [2.05, 4.69) is 10.1 Å². The number of hydrogen-bond acceptors (Lipinski definition) is 6. The molecule has 2 aromatic rings. The van der Waals surface area contributed by atoms with E-state index in [1.54, 1.807) is 7.11 Å². The summed E-state index contributed by atoms with van der Waals surface area (Å²) in [6.45, 7) is 1.61. The number of amides is 1. The molecule has 1 fully saturated rings. The van der Waals surface area contributed by atoms with Gasteiger partial charge in [0.1, 0.15) is 11.8 Å². The summed E-state index contributed by atoms with van der Waals surface area (Å²) < 4.78 is 16.1. The second kappa shape index (κ2) is 9.33. The Hall–Kier alpha value is -2.41. The van der Waals surface area contributed by atoms with Crippen molar-refractivity contribution in [3.05, 3.63) is 42.0 Å². The molecule has 1 saturated heterocycles. The summed E-state index contributed by atoms with van der Waals surface area (Å²) in [5.41, 5.74) is 0. The highest BCUT2D eigenvalue weighted by molar-refractivity contribution is 5.76. The molecular formula is C19H25N3O4. The van der Waals surface area contributed by atoms with E-state index in [-0.39, 0.29) is 11.9 Å². The van der Waals surface area contributed by atoms with Gasteiger partial charge in [0, 0.05) is 20.1 Å². The van der Waals surface area contributed by atoms with Crippen LogP contribution < -0.4 is 4.74 Å². The van der Waals surface area contributed by atoms with Crippen molar-refractivity contribution >= 4 is 5.91 Å². The lowest BCUT2D eigenvalue weighted by Crippen LogP contribution is -2.39. The molecule has 1 aliphatic rings. The Labute approximate surface area is 153 Å². The van der Waals surface area contributed by atoms with Crippen molar-refractivity contribution in [2.45, 2.75) is 38.1 Å². The Morgan fingerprint density at radius 1 is 1.27 bits per heavy atom. The number of benzene rings is 1. The molecule has 0 saturated carbocycles. The Kier molecular flexibility index (Phi) is 6.60. The molecule has 0 radical (unpaired) electrons. The molecular weight excluding hydrogens is 334 g/mol. The third-order valence-corrected chi connectivity index (χ3v) is 4.45. The van der Waals surface area contributed by atoms with Crippen LogP contribution in [0, 0.1) is 0 Å². The lowest BCUT2D eigenvalue weighted by atomic mass is 10.0. The predicted molar refractivity (Wildman–Crippen MR) is 94.7 cm³/mol. The fourth-order valence-electron chi connectivity index (χ4n) is 3.10. The number of para-hydroxylation sites is 1. The fraction of sp³-hybridized carbons (Fsp3) is 0.526. The second-order valence-corrected chi connectivity index (χ2v) is 6.30. The molecule has 1 unspecified atom stereocenters. The minimum Gasteiger partial charge on any atom is -0.493 e. The highest BCUT2D eigenvalue weighted by atomic mass is 16.5. The van der Waals surface area contributed by atoms with Crippen molar-refractivity contribution in [3.8, 4) is 5.75 Å². The first-order valence-electron chi connectivity index (χ1n) is 9.06. The summed E-state index contributed by atoms with van der Waals surface area (Å²) >= 11 is 0. The summed E-state index contributed by atoms with van der Waals surface area (Å²) in [5, 5.41) is 4.00. The van der Waals surface area contributed by atoms with Crippen LogP contribution in [0.2, 0.25) is 0 Å². The number of carbonyl (C=O) groups is 1. The van der Waals surface area contributed by atoms with E-state index in [9.17, 15) is 4.79 Å². The van der Waals surface area contributed by atoms with Crippen LogP contribution in [0.25, 0.3) is 0 Å². The summed E-state index contributed by atoms with van der Waals surface area (Å²) in [7, 11) is 1.64. The maximum absolute atomic E-state index is 12.7. The molecule has 7 heteroatoms. The third-order valence-electron chi connectivity index (χ3n) is 4.45. The number of methoxy groups -OCH3 is 1. The maximum Gasteiger partial charge on any atom is 0.249 e. The van der Waals surface area contributed by atoms with Gasteiger partial charge >= 0.3 is 0 Å². The molecule has 1 atom stereocenters. The number of nitrogens with zero attached hydrogens (tertiary/aromatic N) is 3. The summed E-state index contributed by atoms with van der Waals surface area (Å²) in [4.78, 5) is 19.0. The van der Waals surface area contributed by atoms with Gasteiger partial charge in [-0.15, -0.1) is 0 Å². The first-order valence-corrected chi connectivity index (χ1v) is 9.06. The first-order chi connectivity index (χ1) is 12.8. The quantitative estimate of drug-likeness (QED) is 0.721. The molecule has 26 heavy (non-hydrogen) atoms. The van der Waals surface area contributed by atoms with Gasteiger partial charge < -0.3 is 18.9 Å². The zero-order valence-corrected chi connectivity index (χ0v) is 15.1. The number of piperidine rings is 1. The normalized spacial score (nSPS) is 17.3. The van der Waals surface area contributed by atoms with E-state index in [1.165, 1.54) is 0 Å². The zero-order chi connectivity index (χ0) is 18.2. The van der Waals surface area contributed by atoms with Crippen LogP contribution in [0.5, 0.6) is 5.75 Å². The number of aromatic nitrogens is 2. The molecule has 0 N–H and O–H groups in total. The highest BCUT2D eigenvalue weighted by Crippen LogP contribution is 2.30.